The van der Waals surface area contributed by atoms with Crippen LogP contribution in [0.3, 0.4) is 0 Å². The van der Waals surface area contributed by atoms with Gasteiger partial charge in [-0.25, -0.2) is 0 Å². The van der Waals surface area contributed by atoms with Crippen molar-refractivity contribution in [3.05, 3.63) is 26.7 Å². The molecule has 0 aliphatic rings. The molecule has 2 nitrogen and oxygen atoms in total. The van der Waals surface area contributed by atoms with Crippen LogP contribution in [0, 0.1) is 0 Å². The van der Waals surface area contributed by atoms with Crippen LogP contribution in [0.5, 0.6) is 0 Å². The molecule has 0 saturated heterocycles. The lowest BCUT2D eigenvalue weighted by molar-refractivity contribution is 0.0749. The number of anilines is 1. The highest BCUT2D eigenvalue weighted by molar-refractivity contribution is 9.10. The molecule has 0 fully saturated rings. The number of halogens is 3. The Kier molecular flexibility index (Phi) is 4.92. The van der Waals surface area contributed by atoms with Gasteiger partial charge in [0, 0.05) is 11.0 Å². The van der Waals surface area contributed by atoms with Gasteiger partial charge in [0.2, 0.25) is 0 Å². The van der Waals surface area contributed by atoms with Crippen molar-refractivity contribution >= 4 is 44.8 Å². The van der Waals surface area contributed by atoms with E-state index < -0.39 is 5.60 Å². The normalized spacial score (nSPS) is 11.6. The van der Waals surface area contributed by atoms with Crippen LogP contribution < -0.4 is 5.32 Å². The third-order valence-electron chi connectivity index (χ3n) is 2.09. The molecule has 1 rings (SSSR count). The van der Waals surface area contributed by atoms with E-state index in [1.807, 2.05) is 12.1 Å². The van der Waals surface area contributed by atoms with Crippen molar-refractivity contribution in [2.24, 2.45) is 0 Å². The summed E-state index contributed by atoms with van der Waals surface area (Å²) in [5, 5.41) is 13.7. The summed E-state index contributed by atoms with van der Waals surface area (Å²) >= 11 is 15.3. The Hall–Kier alpha value is 0.0400. The number of hydrogen-bond donors (Lipinski definition) is 2. The van der Waals surface area contributed by atoms with Gasteiger partial charge in [-0.1, -0.05) is 23.2 Å². The fraction of sp³-hybridized carbons (Fsp3) is 0.455. The van der Waals surface area contributed by atoms with Gasteiger partial charge in [-0.05, 0) is 48.3 Å². The smallest absolute Gasteiger partial charge is 0.0835 e. The molecular formula is C11H14BrCl2NO. The van der Waals surface area contributed by atoms with Gasteiger partial charge in [-0.15, -0.1) is 0 Å². The van der Waals surface area contributed by atoms with Crippen LogP contribution in [-0.2, 0) is 0 Å². The summed E-state index contributed by atoms with van der Waals surface area (Å²) in [5.41, 5.74) is 0.0950. The fourth-order valence-corrected chi connectivity index (χ4v) is 2.01. The number of aliphatic hydroxyl groups is 1. The van der Waals surface area contributed by atoms with Crippen molar-refractivity contribution in [1.82, 2.24) is 0 Å². The molecule has 0 aliphatic carbocycles. The lowest BCUT2D eigenvalue weighted by Gasteiger charge is -2.18. The molecule has 2 N–H and O–H groups in total. The molecule has 0 aliphatic heterocycles. The highest BCUT2D eigenvalue weighted by Crippen LogP contribution is 2.35. The van der Waals surface area contributed by atoms with E-state index in [0.29, 0.717) is 23.0 Å². The van der Waals surface area contributed by atoms with E-state index in [9.17, 15) is 5.11 Å². The van der Waals surface area contributed by atoms with Crippen molar-refractivity contribution in [1.29, 1.82) is 0 Å². The van der Waals surface area contributed by atoms with E-state index in [4.69, 9.17) is 23.2 Å². The zero-order valence-electron chi connectivity index (χ0n) is 9.15. The average molecular weight is 327 g/mol. The zero-order chi connectivity index (χ0) is 12.3. The lowest BCUT2D eigenvalue weighted by Crippen LogP contribution is -2.22. The van der Waals surface area contributed by atoms with Crippen molar-refractivity contribution in [3.8, 4) is 0 Å². The highest BCUT2D eigenvalue weighted by atomic mass is 79.9. The first kappa shape index (κ1) is 14.1. The molecule has 0 unspecified atom stereocenters. The predicted octanol–water partition coefficient (Wildman–Crippen LogP) is 4.33. The van der Waals surface area contributed by atoms with Crippen LogP contribution in [0.1, 0.15) is 20.3 Å². The van der Waals surface area contributed by atoms with Crippen LogP contribution in [0.4, 0.5) is 5.69 Å². The van der Waals surface area contributed by atoms with Gasteiger partial charge in [-0.3, -0.25) is 0 Å². The Balaban J connectivity index is 2.65. The Bertz CT molecular complexity index is 377. The Morgan fingerprint density at radius 1 is 1.31 bits per heavy atom. The van der Waals surface area contributed by atoms with Crippen LogP contribution in [-0.4, -0.2) is 17.3 Å². The predicted molar refractivity (Wildman–Crippen MR) is 73.6 cm³/mol. The summed E-state index contributed by atoms with van der Waals surface area (Å²) in [6, 6.07) is 3.68. The van der Waals surface area contributed by atoms with Crippen molar-refractivity contribution < 1.29 is 5.11 Å². The molecule has 90 valence electrons. The Morgan fingerprint density at radius 3 is 2.50 bits per heavy atom. The highest BCUT2D eigenvalue weighted by Gasteiger charge is 2.13. The summed E-state index contributed by atoms with van der Waals surface area (Å²) in [7, 11) is 0. The molecule has 1 aromatic carbocycles. The van der Waals surface area contributed by atoms with Crippen LogP contribution >= 0.6 is 39.1 Å². The molecule has 0 spiro atoms. The van der Waals surface area contributed by atoms with Gasteiger partial charge in [0.15, 0.2) is 0 Å². The maximum atomic E-state index is 9.56. The van der Waals surface area contributed by atoms with Gasteiger partial charge < -0.3 is 10.4 Å². The van der Waals surface area contributed by atoms with E-state index in [2.05, 4.69) is 21.2 Å². The van der Waals surface area contributed by atoms with E-state index in [1.54, 1.807) is 13.8 Å². The minimum absolute atomic E-state index is 0.492. The van der Waals surface area contributed by atoms with E-state index >= 15 is 0 Å². The first-order valence-electron chi connectivity index (χ1n) is 4.91. The van der Waals surface area contributed by atoms with Crippen LogP contribution in [0.25, 0.3) is 0 Å². The fourth-order valence-electron chi connectivity index (χ4n) is 1.17. The van der Waals surface area contributed by atoms with E-state index in [1.165, 1.54) is 0 Å². The molecule has 1 aromatic rings. The third-order valence-corrected chi connectivity index (χ3v) is 3.86. The summed E-state index contributed by atoms with van der Waals surface area (Å²) in [6.45, 7) is 4.18. The summed E-state index contributed by atoms with van der Waals surface area (Å²) in [5.74, 6) is 0. The van der Waals surface area contributed by atoms with Gasteiger partial charge in [0.05, 0.1) is 21.3 Å². The average Bonchev–Trinajstić information content (AvgIpc) is 2.16. The maximum absolute atomic E-state index is 9.56. The van der Waals surface area contributed by atoms with Gasteiger partial charge >= 0.3 is 0 Å². The zero-order valence-corrected chi connectivity index (χ0v) is 12.2. The van der Waals surface area contributed by atoms with Crippen molar-refractivity contribution in [3.63, 3.8) is 0 Å². The lowest BCUT2D eigenvalue weighted by atomic mass is 10.1. The van der Waals surface area contributed by atoms with Gasteiger partial charge in [0.25, 0.3) is 0 Å². The van der Waals surface area contributed by atoms with Crippen LogP contribution in [0.15, 0.2) is 16.6 Å². The van der Waals surface area contributed by atoms with Gasteiger partial charge in [-0.2, -0.15) is 0 Å². The number of benzene rings is 1. The minimum atomic E-state index is -0.682. The molecule has 0 saturated carbocycles. The molecule has 0 aromatic heterocycles. The number of nitrogens with one attached hydrogen (secondary N) is 1. The minimum Gasteiger partial charge on any atom is -0.390 e. The molecule has 0 heterocycles. The second kappa shape index (κ2) is 5.58. The maximum Gasteiger partial charge on any atom is 0.0835 e. The summed E-state index contributed by atoms with van der Waals surface area (Å²) in [4.78, 5) is 0. The topological polar surface area (TPSA) is 32.3 Å². The standard InChI is InChI=1S/C11H14BrCl2NO/c1-11(2,16)5-6-15-8-4-3-7(12)9(13)10(8)14/h3-4,15-16H,5-6H2,1-2H3. The molecule has 16 heavy (non-hydrogen) atoms. The van der Waals surface area contributed by atoms with Crippen molar-refractivity contribution in [2.75, 3.05) is 11.9 Å². The second-order valence-electron chi connectivity index (χ2n) is 4.21. The molecular weight excluding hydrogens is 313 g/mol. The van der Waals surface area contributed by atoms with Gasteiger partial charge in [0.1, 0.15) is 0 Å². The first-order chi connectivity index (χ1) is 7.31. The Labute approximate surface area is 114 Å². The van der Waals surface area contributed by atoms with E-state index in [0.717, 1.165) is 10.2 Å². The SMILES string of the molecule is CC(C)(O)CCNc1ccc(Br)c(Cl)c1Cl. The molecule has 0 atom stereocenters. The molecule has 0 amide bonds. The quantitative estimate of drug-likeness (QED) is 0.807. The Morgan fingerprint density at radius 2 is 1.94 bits per heavy atom. The summed E-state index contributed by atoms with van der Waals surface area (Å²) in [6.07, 6.45) is 0.636. The summed E-state index contributed by atoms with van der Waals surface area (Å²) < 4.78 is 0.771. The third kappa shape index (κ3) is 4.13. The largest absolute Gasteiger partial charge is 0.390 e. The molecule has 0 bridgehead atoms. The monoisotopic (exact) mass is 325 g/mol. The first-order valence-corrected chi connectivity index (χ1v) is 6.46. The number of rotatable bonds is 4. The molecule has 5 heteroatoms. The molecule has 0 radical (unpaired) electrons. The number of hydrogen-bond acceptors (Lipinski definition) is 2. The van der Waals surface area contributed by atoms with Crippen LogP contribution in [0.2, 0.25) is 10.0 Å². The van der Waals surface area contributed by atoms with E-state index in [-0.39, 0.29) is 0 Å². The van der Waals surface area contributed by atoms with Crippen molar-refractivity contribution in [2.45, 2.75) is 25.9 Å². The second-order valence-corrected chi connectivity index (χ2v) is 5.82.